The lowest BCUT2D eigenvalue weighted by Gasteiger charge is -1.57. The molecule has 0 saturated carbocycles. The Kier molecular flexibility index (Phi) is 2.39. The van der Waals surface area contributed by atoms with Crippen molar-refractivity contribution in [1.82, 2.24) is 0 Å². The molecule has 0 aromatic carbocycles. The van der Waals surface area contributed by atoms with Gasteiger partial charge in [0.25, 0.3) is 0 Å². The zero-order chi connectivity index (χ0) is 4.28. The predicted octanol–water partition coefficient (Wildman–Crippen LogP) is 1.54. The molecule has 0 bridgehead atoms. The van der Waals surface area contributed by atoms with Crippen LogP contribution in [0.25, 0.3) is 0 Å². The zero-order valence-corrected chi connectivity index (χ0v) is 4.79. The number of nitrogens with zero attached hydrogens (tertiary/aromatic N) is 1. The Hall–Kier alpha value is 0.100. The highest BCUT2D eigenvalue weighted by molar-refractivity contribution is 7.45. The fourth-order valence-electron chi connectivity index (χ4n) is 0. The molecular weight excluding hydrogens is 81.0 g/mol. The molecule has 0 N–H and O–H groups in total. The van der Waals surface area contributed by atoms with Gasteiger partial charge in [-0.2, -0.15) is 0 Å². The predicted molar refractivity (Wildman–Crippen MR) is 27.1 cm³/mol. The molecule has 0 aliphatic rings. The SMILES string of the molecule is CN=[P+](C)C. The Bertz CT molecular complexity index is 44.9. The summed E-state index contributed by atoms with van der Waals surface area (Å²) >= 11 is 0. The van der Waals surface area contributed by atoms with Crippen LogP contribution in [0.2, 0.25) is 0 Å². The third-order valence-electron chi connectivity index (χ3n) is 0.400. The smallest absolute Gasteiger partial charge is 0.114 e. The molecule has 2 heteroatoms. The summed E-state index contributed by atoms with van der Waals surface area (Å²) < 4.78 is 3.95. The van der Waals surface area contributed by atoms with Crippen molar-refractivity contribution >= 4 is 7.71 Å². The van der Waals surface area contributed by atoms with E-state index in [0.717, 1.165) is 0 Å². The average molecular weight is 90.1 g/mol. The summed E-state index contributed by atoms with van der Waals surface area (Å²) in [6, 6.07) is 0. The van der Waals surface area contributed by atoms with Gasteiger partial charge in [-0.05, 0) is 0 Å². The Balaban J connectivity index is 3.14. The lowest BCUT2D eigenvalue weighted by Crippen LogP contribution is -1.42. The van der Waals surface area contributed by atoms with Crippen LogP contribution in [0.1, 0.15) is 0 Å². The second-order valence-corrected chi connectivity index (χ2v) is 3.14. The Morgan fingerprint density at radius 2 is 1.60 bits per heavy atom. The standard InChI is InChI=1S/C3H9NP/c1-4-5(2)3/h1-3H3/q+1. The molecule has 0 amide bonds. The van der Waals surface area contributed by atoms with E-state index < -0.39 is 0 Å². The van der Waals surface area contributed by atoms with Crippen LogP contribution in [0.15, 0.2) is 4.74 Å². The highest BCUT2D eigenvalue weighted by atomic mass is 31.1. The molecule has 0 saturated heterocycles. The molecule has 0 aliphatic carbocycles. The lowest BCUT2D eigenvalue weighted by atomic mass is 11.6. The molecule has 1 nitrogen and oxygen atoms in total. The normalized spacial score (nSPS) is 7.00. The van der Waals surface area contributed by atoms with Crippen LogP contribution in [0, 0.1) is 0 Å². The van der Waals surface area contributed by atoms with E-state index >= 15 is 0 Å². The zero-order valence-electron chi connectivity index (χ0n) is 3.89. The molecule has 0 atom stereocenters. The van der Waals surface area contributed by atoms with Gasteiger partial charge in [-0.25, -0.2) is 0 Å². The van der Waals surface area contributed by atoms with Crippen molar-refractivity contribution in [3.05, 3.63) is 0 Å². The van der Waals surface area contributed by atoms with Gasteiger partial charge in [0.05, 0.1) is 7.05 Å². The summed E-state index contributed by atoms with van der Waals surface area (Å²) in [5.41, 5.74) is 0. The summed E-state index contributed by atoms with van der Waals surface area (Å²) in [5, 5.41) is 0. The van der Waals surface area contributed by atoms with E-state index in [1.54, 1.807) is 0 Å². The molecule has 0 unspecified atom stereocenters. The third-order valence-corrected chi connectivity index (χ3v) is 1.20. The Morgan fingerprint density at radius 3 is 1.60 bits per heavy atom. The first-order valence-electron chi connectivity index (χ1n) is 1.54. The molecular formula is C3H9NP+. The minimum absolute atomic E-state index is 0.0267. The van der Waals surface area contributed by atoms with E-state index in [2.05, 4.69) is 18.1 Å². The van der Waals surface area contributed by atoms with E-state index in [9.17, 15) is 0 Å². The molecule has 0 radical (unpaired) electrons. The Morgan fingerprint density at radius 1 is 1.40 bits per heavy atom. The summed E-state index contributed by atoms with van der Waals surface area (Å²) in [6.07, 6.45) is 0. The first-order valence-corrected chi connectivity index (χ1v) is 3.73. The molecule has 0 aromatic rings. The van der Waals surface area contributed by atoms with E-state index in [4.69, 9.17) is 0 Å². The van der Waals surface area contributed by atoms with Crippen molar-refractivity contribution in [2.24, 2.45) is 4.74 Å². The number of rotatable bonds is 0. The van der Waals surface area contributed by atoms with Crippen LogP contribution in [0.4, 0.5) is 0 Å². The van der Waals surface area contributed by atoms with Crippen molar-refractivity contribution in [3.8, 4) is 0 Å². The summed E-state index contributed by atoms with van der Waals surface area (Å²) in [7, 11) is 1.88. The third kappa shape index (κ3) is 4.10. The largest absolute Gasteiger partial charge is 0.193 e. The molecule has 30 valence electrons. The minimum atomic E-state index is 0.0267. The first kappa shape index (κ1) is 5.10. The highest BCUT2D eigenvalue weighted by Gasteiger charge is 1.78. The van der Waals surface area contributed by atoms with Crippen LogP contribution in [0.5, 0.6) is 0 Å². The van der Waals surface area contributed by atoms with Gasteiger partial charge in [-0.3, -0.25) is 0 Å². The van der Waals surface area contributed by atoms with Crippen molar-refractivity contribution in [1.29, 1.82) is 0 Å². The van der Waals surface area contributed by atoms with Gasteiger partial charge in [0.15, 0.2) is 7.71 Å². The molecule has 0 aromatic heterocycles. The maximum absolute atomic E-state index is 3.95. The quantitative estimate of drug-likeness (QED) is 0.400. The van der Waals surface area contributed by atoms with Crippen LogP contribution >= 0.6 is 7.71 Å². The molecule has 5 heavy (non-hydrogen) atoms. The van der Waals surface area contributed by atoms with Crippen LogP contribution < -0.4 is 0 Å². The molecule has 0 spiro atoms. The van der Waals surface area contributed by atoms with Crippen molar-refractivity contribution in [3.63, 3.8) is 0 Å². The van der Waals surface area contributed by atoms with E-state index in [-0.39, 0.29) is 7.71 Å². The Labute approximate surface area is 33.9 Å². The van der Waals surface area contributed by atoms with Gasteiger partial charge in [0.2, 0.25) is 0 Å². The molecule has 0 aliphatic heterocycles. The minimum Gasteiger partial charge on any atom is -0.114 e. The van der Waals surface area contributed by atoms with Gasteiger partial charge in [0, 0.05) is 0 Å². The van der Waals surface area contributed by atoms with Crippen molar-refractivity contribution < 1.29 is 0 Å². The van der Waals surface area contributed by atoms with E-state index in [1.165, 1.54) is 0 Å². The number of hydrogen-bond acceptors (Lipinski definition) is 1. The van der Waals surface area contributed by atoms with Gasteiger partial charge in [-0.1, -0.05) is 0 Å². The molecule has 0 fully saturated rings. The van der Waals surface area contributed by atoms with E-state index in [0.29, 0.717) is 0 Å². The van der Waals surface area contributed by atoms with Gasteiger partial charge in [-0.15, -0.1) is 4.74 Å². The van der Waals surface area contributed by atoms with Crippen molar-refractivity contribution in [2.45, 2.75) is 0 Å². The van der Waals surface area contributed by atoms with E-state index in [1.807, 2.05) is 7.05 Å². The van der Waals surface area contributed by atoms with Crippen LogP contribution in [0.3, 0.4) is 0 Å². The molecule has 0 rings (SSSR count). The van der Waals surface area contributed by atoms with Gasteiger partial charge >= 0.3 is 0 Å². The maximum Gasteiger partial charge on any atom is 0.193 e. The summed E-state index contributed by atoms with van der Waals surface area (Å²) in [4.78, 5) is 0. The topological polar surface area (TPSA) is 12.4 Å². The second kappa shape index (κ2) is 2.34. The lowest BCUT2D eigenvalue weighted by molar-refractivity contribution is 1.50. The number of hydrogen-bond donors (Lipinski definition) is 0. The second-order valence-electron chi connectivity index (χ2n) is 1.05. The maximum atomic E-state index is 3.95. The average Bonchev–Trinajstić information content (AvgIpc) is 1.38. The van der Waals surface area contributed by atoms with Crippen LogP contribution in [-0.2, 0) is 0 Å². The fraction of sp³-hybridized carbons (Fsp3) is 1.00. The fourth-order valence-corrected chi connectivity index (χ4v) is 0. The highest BCUT2D eigenvalue weighted by Crippen LogP contribution is 2.08. The van der Waals surface area contributed by atoms with Gasteiger partial charge < -0.3 is 0 Å². The first-order chi connectivity index (χ1) is 2.27. The monoisotopic (exact) mass is 90.0 g/mol. The van der Waals surface area contributed by atoms with Gasteiger partial charge in [0.1, 0.15) is 13.3 Å². The summed E-state index contributed by atoms with van der Waals surface area (Å²) in [5.74, 6) is 0. The molecule has 0 heterocycles. The van der Waals surface area contributed by atoms with Crippen molar-refractivity contribution in [2.75, 3.05) is 20.4 Å². The van der Waals surface area contributed by atoms with Crippen LogP contribution in [-0.4, -0.2) is 20.4 Å². The summed E-state index contributed by atoms with van der Waals surface area (Å²) in [6.45, 7) is 4.24.